The Hall–Kier alpha value is -2.47. The molecule has 0 saturated heterocycles. The van der Waals surface area contributed by atoms with Gasteiger partial charge in [0.15, 0.2) is 0 Å². The minimum absolute atomic E-state index is 0.0180. The molecule has 6 heteroatoms. The molecular weight excluding hydrogens is 422 g/mol. The molecule has 1 aromatic carbocycles. The molecule has 1 aliphatic heterocycles. The number of furan rings is 1. The van der Waals surface area contributed by atoms with Gasteiger partial charge in [-0.25, -0.2) is 0 Å². The number of hydrogen-bond acceptors (Lipinski definition) is 5. The Kier molecular flexibility index (Phi) is 7.40. The monoisotopic (exact) mass is 453 g/mol. The molecule has 0 N–H and O–H groups in total. The van der Waals surface area contributed by atoms with Crippen molar-refractivity contribution in [3.8, 4) is 5.75 Å². The molecule has 32 heavy (non-hydrogen) atoms. The van der Waals surface area contributed by atoms with Gasteiger partial charge in [0.2, 0.25) is 0 Å². The second kappa shape index (κ2) is 10.4. The smallest absolute Gasteiger partial charge is 0.268 e. The number of carbonyl (C=O) groups is 2. The lowest BCUT2D eigenvalue weighted by molar-refractivity contribution is -0.139. The van der Waals surface area contributed by atoms with Crippen LogP contribution < -0.4 is 4.74 Å². The van der Waals surface area contributed by atoms with Gasteiger partial charge in [-0.2, -0.15) is 0 Å². The Morgan fingerprint density at radius 2 is 1.69 bits per heavy atom. The number of hydrogen-bond donors (Lipinski definition) is 0. The first-order chi connectivity index (χ1) is 15.5. The van der Waals surface area contributed by atoms with Crippen LogP contribution >= 0.6 is 11.8 Å². The van der Waals surface area contributed by atoms with E-state index in [1.165, 1.54) is 31.0 Å². The maximum absolute atomic E-state index is 13.6. The highest BCUT2D eigenvalue weighted by Gasteiger charge is 2.42. The second-order valence-corrected chi connectivity index (χ2v) is 9.73. The van der Waals surface area contributed by atoms with Crippen molar-refractivity contribution >= 4 is 29.1 Å². The van der Waals surface area contributed by atoms with Crippen molar-refractivity contribution in [1.29, 1.82) is 0 Å². The van der Waals surface area contributed by atoms with E-state index in [4.69, 9.17) is 9.15 Å². The molecule has 2 amide bonds. The number of thioether (sulfide) groups is 1. The Balaban J connectivity index is 1.64. The fourth-order valence-corrected chi connectivity index (χ4v) is 5.47. The van der Waals surface area contributed by atoms with Crippen molar-refractivity contribution in [3.63, 3.8) is 0 Å². The molecule has 0 spiro atoms. The van der Waals surface area contributed by atoms with Crippen molar-refractivity contribution in [3.05, 3.63) is 58.9 Å². The average molecular weight is 454 g/mol. The molecule has 1 aromatic heterocycles. The number of nitrogens with zero attached hydrogens (tertiary/aromatic N) is 1. The molecule has 4 rings (SSSR count). The summed E-state index contributed by atoms with van der Waals surface area (Å²) in [6.07, 6.45) is 9.19. The number of amides is 2. The van der Waals surface area contributed by atoms with Crippen LogP contribution in [0.15, 0.2) is 52.0 Å². The number of carbonyl (C=O) groups excluding carboxylic acids is 2. The molecule has 1 saturated carbocycles. The van der Waals surface area contributed by atoms with Gasteiger partial charge in [0.25, 0.3) is 11.8 Å². The molecule has 1 fully saturated rings. The summed E-state index contributed by atoms with van der Waals surface area (Å²) in [7, 11) is 0. The lowest BCUT2D eigenvalue weighted by Crippen LogP contribution is -2.41. The molecule has 0 radical (unpaired) electrons. The zero-order chi connectivity index (χ0) is 22.5. The zero-order valence-electron chi connectivity index (χ0n) is 18.8. The summed E-state index contributed by atoms with van der Waals surface area (Å²) < 4.78 is 11.2. The van der Waals surface area contributed by atoms with E-state index in [0.717, 1.165) is 42.8 Å². The van der Waals surface area contributed by atoms with E-state index in [0.29, 0.717) is 16.2 Å². The van der Waals surface area contributed by atoms with E-state index in [9.17, 15) is 9.59 Å². The largest absolute Gasteiger partial charge is 0.491 e. The van der Waals surface area contributed by atoms with Gasteiger partial charge < -0.3 is 9.15 Å². The highest BCUT2D eigenvalue weighted by Crippen LogP contribution is 2.40. The van der Waals surface area contributed by atoms with Gasteiger partial charge in [0.05, 0.1) is 28.6 Å². The third-order valence-electron chi connectivity index (χ3n) is 5.97. The van der Waals surface area contributed by atoms with Crippen LogP contribution in [0.2, 0.25) is 0 Å². The van der Waals surface area contributed by atoms with Crippen LogP contribution in [0.3, 0.4) is 0 Å². The van der Waals surface area contributed by atoms with Crippen LogP contribution in [0.1, 0.15) is 70.1 Å². The van der Waals surface area contributed by atoms with E-state index >= 15 is 0 Å². The Bertz CT molecular complexity index is 954. The van der Waals surface area contributed by atoms with Crippen LogP contribution in [0.5, 0.6) is 5.75 Å². The third-order valence-corrected chi connectivity index (χ3v) is 7.06. The minimum atomic E-state index is -0.167. The van der Waals surface area contributed by atoms with Crippen LogP contribution in [-0.2, 0) is 15.3 Å². The number of imide groups is 1. The molecule has 0 atom stereocenters. The first-order valence-corrected chi connectivity index (χ1v) is 12.6. The van der Waals surface area contributed by atoms with Crippen molar-refractivity contribution in [2.45, 2.75) is 76.7 Å². The quantitative estimate of drug-likeness (QED) is 0.468. The van der Waals surface area contributed by atoms with Gasteiger partial charge in [0, 0.05) is 6.04 Å². The Labute approximate surface area is 194 Å². The van der Waals surface area contributed by atoms with E-state index < -0.39 is 0 Å². The van der Waals surface area contributed by atoms with E-state index in [2.05, 4.69) is 0 Å². The van der Waals surface area contributed by atoms with E-state index in [1.54, 1.807) is 11.2 Å². The van der Waals surface area contributed by atoms with Gasteiger partial charge in [0.1, 0.15) is 11.5 Å². The first kappa shape index (κ1) is 22.7. The molecule has 170 valence electrons. The predicted molar refractivity (Wildman–Crippen MR) is 127 cm³/mol. The third kappa shape index (κ3) is 5.12. The standard InChI is InChI=1S/C26H31NO4S/c1-18(2)31-21-14-12-19(13-15-21)23-24(32-17-22-11-8-16-30-22)26(29)27(25(23)28)20-9-6-4-3-5-7-10-20/h8,11-16,18,20H,3-7,9-10,17H2,1-2H3. The van der Waals surface area contributed by atoms with Gasteiger partial charge in [-0.05, 0) is 56.5 Å². The van der Waals surface area contributed by atoms with Crippen molar-refractivity contribution in [2.24, 2.45) is 0 Å². The number of ether oxygens (including phenoxy) is 1. The van der Waals surface area contributed by atoms with E-state index in [1.807, 2.05) is 50.2 Å². The molecular formula is C26H31NO4S. The van der Waals surface area contributed by atoms with E-state index in [-0.39, 0.29) is 24.0 Å². The van der Waals surface area contributed by atoms with Crippen LogP contribution in [0.25, 0.3) is 5.57 Å². The number of benzene rings is 1. The van der Waals surface area contributed by atoms with Gasteiger partial charge in [-0.3, -0.25) is 14.5 Å². The van der Waals surface area contributed by atoms with Crippen LogP contribution in [-0.4, -0.2) is 28.9 Å². The molecule has 0 bridgehead atoms. The van der Waals surface area contributed by atoms with Crippen molar-refractivity contribution in [1.82, 2.24) is 4.90 Å². The topological polar surface area (TPSA) is 59.8 Å². The maximum atomic E-state index is 13.6. The summed E-state index contributed by atoms with van der Waals surface area (Å²) in [5.74, 6) is 1.72. The van der Waals surface area contributed by atoms with Crippen LogP contribution in [0.4, 0.5) is 0 Å². The fraction of sp³-hybridized carbons (Fsp3) is 0.462. The minimum Gasteiger partial charge on any atom is -0.491 e. The first-order valence-electron chi connectivity index (χ1n) is 11.6. The molecule has 1 aliphatic carbocycles. The van der Waals surface area contributed by atoms with Gasteiger partial charge in [-0.1, -0.05) is 44.2 Å². The van der Waals surface area contributed by atoms with Crippen LogP contribution in [0, 0.1) is 0 Å². The summed E-state index contributed by atoms with van der Waals surface area (Å²) in [6.45, 7) is 3.96. The summed E-state index contributed by atoms with van der Waals surface area (Å²) in [4.78, 5) is 29.2. The fourth-order valence-electron chi connectivity index (χ4n) is 4.45. The SMILES string of the molecule is CC(C)Oc1ccc(C2=C(SCc3ccco3)C(=O)N(C3CCCCCCC3)C2=O)cc1. The normalized spacial score (nSPS) is 18.4. The molecule has 2 heterocycles. The molecule has 2 aromatic rings. The Morgan fingerprint density at radius 3 is 2.31 bits per heavy atom. The molecule has 0 unspecified atom stereocenters. The van der Waals surface area contributed by atoms with Crippen molar-refractivity contribution in [2.75, 3.05) is 0 Å². The van der Waals surface area contributed by atoms with Gasteiger partial charge in [-0.15, -0.1) is 11.8 Å². The summed E-state index contributed by atoms with van der Waals surface area (Å²) >= 11 is 1.39. The average Bonchev–Trinajstić information content (AvgIpc) is 3.34. The summed E-state index contributed by atoms with van der Waals surface area (Å²) in [5.41, 5.74) is 1.26. The maximum Gasteiger partial charge on any atom is 0.268 e. The lowest BCUT2D eigenvalue weighted by atomic mass is 9.95. The lowest BCUT2D eigenvalue weighted by Gasteiger charge is -2.28. The molecule has 5 nitrogen and oxygen atoms in total. The second-order valence-electron chi connectivity index (χ2n) is 8.74. The molecule has 2 aliphatic rings. The highest BCUT2D eigenvalue weighted by atomic mass is 32.2. The highest BCUT2D eigenvalue weighted by molar-refractivity contribution is 8.03. The number of rotatable bonds is 7. The predicted octanol–water partition coefficient (Wildman–Crippen LogP) is 6.19. The van der Waals surface area contributed by atoms with Gasteiger partial charge >= 0.3 is 0 Å². The zero-order valence-corrected chi connectivity index (χ0v) is 19.7. The van der Waals surface area contributed by atoms with Crippen molar-refractivity contribution < 1.29 is 18.7 Å². The Morgan fingerprint density at radius 1 is 1.00 bits per heavy atom. The summed E-state index contributed by atoms with van der Waals surface area (Å²) in [6, 6.07) is 11.2. The summed E-state index contributed by atoms with van der Waals surface area (Å²) in [5, 5.41) is 0.